The number of hydrogen-bond acceptors (Lipinski definition) is 4. The van der Waals surface area contributed by atoms with Crippen LogP contribution in [-0.2, 0) is 19.7 Å². The third-order valence-corrected chi connectivity index (χ3v) is 4.08. The Hall–Kier alpha value is -0.210. The van der Waals surface area contributed by atoms with E-state index in [0.29, 0.717) is 32.7 Å². The van der Waals surface area contributed by atoms with Gasteiger partial charge >= 0.3 is 0 Å². The molecule has 7 heteroatoms. The van der Waals surface area contributed by atoms with Gasteiger partial charge < -0.3 is 9.47 Å². The molecule has 0 bridgehead atoms. The molecule has 1 aliphatic heterocycles. The molecule has 1 rings (SSSR count). The molecule has 0 spiro atoms. The molecule has 17 heavy (non-hydrogen) atoms. The Morgan fingerprint density at radius 2 is 1.94 bits per heavy atom. The van der Waals surface area contributed by atoms with Crippen LogP contribution in [0.5, 0.6) is 0 Å². The number of morpholine rings is 1. The van der Waals surface area contributed by atoms with Gasteiger partial charge in [-0.15, -0.1) is 0 Å². The van der Waals surface area contributed by atoms with Crippen molar-refractivity contribution in [2.24, 2.45) is 0 Å². The molecule has 0 unspecified atom stereocenters. The van der Waals surface area contributed by atoms with Crippen molar-refractivity contribution < 1.29 is 17.9 Å². The topological polar surface area (TPSA) is 67.9 Å². The first kappa shape index (κ1) is 14.8. The van der Waals surface area contributed by atoms with E-state index < -0.39 is 10.2 Å². The summed E-state index contributed by atoms with van der Waals surface area (Å²) in [4.78, 5) is 0. The van der Waals surface area contributed by atoms with Crippen LogP contribution in [0, 0.1) is 0 Å². The molecule has 102 valence electrons. The van der Waals surface area contributed by atoms with Gasteiger partial charge in [0.05, 0.1) is 12.2 Å². The predicted octanol–water partition coefficient (Wildman–Crippen LogP) is -0.0335. The molecule has 0 amide bonds. The second-order valence-corrected chi connectivity index (χ2v) is 6.08. The van der Waals surface area contributed by atoms with Crippen LogP contribution < -0.4 is 4.72 Å². The molecular weight excluding hydrogens is 244 g/mol. The molecule has 0 saturated carbocycles. The number of hydrogen-bond donors (Lipinski definition) is 1. The zero-order chi connectivity index (χ0) is 12.9. The van der Waals surface area contributed by atoms with Crippen LogP contribution in [0.25, 0.3) is 0 Å². The van der Waals surface area contributed by atoms with E-state index in [1.807, 2.05) is 13.8 Å². The first-order valence-corrected chi connectivity index (χ1v) is 7.29. The summed E-state index contributed by atoms with van der Waals surface area (Å²) < 4.78 is 38.3. The van der Waals surface area contributed by atoms with Gasteiger partial charge in [0.15, 0.2) is 0 Å². The maximum atomic E-state index is 12.0. The van der Waals surface area contributed by atoms with E-state index in [4.69, 9.17) is 9.47 Å². The zero-order valence-corrected chi connectivity index (χ0v) is 11.5. The number of ether oxygens (including phenoxy) is 2. The van der Waals surface area contributed by atoms with Crippen molar-refractivity contribution in [1.82, 2.24) is 9.03 Å². The minimum absolute atomic E-state index is 0.0608. The van der Waals surface area contributed by atoms with E-state index in [0.717, 1.165) is 0 Å². The Labute approximate surface area is 103 Å². The second kappa shape index (κ2) is 6.65. The minimum Gasteiger partial charge on any atom is -0.385 e. The molecule has 1 N–H and O–H groups in total. The third-order valence-electron chi connectivity index (χ3n) is 2.54. The molecule has 1 heterocycles. The van der Waals surface area contributed by atoms with E-state index in [1.165, 1.54) is 4.31 Å². The highest BCUT2D eigenvalue weighted by atomic mass is 32.2. The highest BCUT2D eigenvalue weighted by molar-refractivity contribution is 7.87. The SMILES string of the molecule is COCCCNS(=O)(=O)N1C[C@@H](C)O[C@H](C)C1. The molecule has 0 aliphatic carbocycles. The first-order chi connectivity index (χ1) is 7.95. The van der Waals surface area contributed by atoms with Crippen LogP contribution in [-0.4, -0.2) is 58.3 Å². The third kappa shape index (κ3) is 4.89. The standard InChI is InChI=1S/C10H22N2O4S/c1-9-7-12(8-10(2)16-9)17(13,14)11-5-4-6-15-3/h9-11H,4-8H2,1-3H3/t9-,10-/m1/s1. The van der Waals surface area contributed by atoms with Crippen LogP contribution >= 0.6 is 0 Å². The van der Waals surface area contributed by atoms with E-state index >= 15 is 0 Å². The minimum atomic E-state index is -3.38. The maximum Gasteiger partial charge on any atom is 0.279 e. The first-order valence-electron chi connectivity index (χ1n) is 5.85. The molecular formula is C10H22N2O4S. The van der Waals surface area contributed by atoms with Gasteiger partial charge in [0.1, 0.15) is 0 Å². The molecule has 0 radical (unpaired) electrons. The average Bonchev–Trinajstić information content (AvgIpc) is 2.23. The number of nitrogens with one attached hydrogen (secondary N) is 1. The summed E-state index contributed by atoms with van der Waals surface area (Å²) in [5.41, 5.74) is 0. The van der Waals surface area contributed by atoms with Crippen molar-refractivity contribution in [3.8, 4) is 0 Å². The van der Waals surface area contributed by atoms with Gasteiger partial charge in [0.25, 0.3) is 10.2 Å². The van der Waals surface area contributed by atoms with E-state index in [9.17, 15) is 8.42 Å². The van der Waals surface area contributed by atoms with Gasteiger partial charge in [-0.2, -0.15) is 12.7 Å². The van der Waals surface area contributed by atoms with E-state index in [-0.39, 0.29) is 12.2 Å². The van der Waals surface area contributed by atoms with Crippen molar-refractivity contribution in [1.29, 1.82) is 0 Å². The van der Waals surface area contributed by atoms with Crippen LogP contribution in [0.2, 0.25) is 0 Å². The number of nitrogens with zero attached hydrogens (tertiary/aromatic N) is 1. The summed E-state index contributed by atoms with van der Waals surface area (Å²) in [6, 6.07) is 0. The van der Waals surface area contributed by atoms with Gasteiger partial charge in [-0.1, -0.05) is 0 Å². The lowest BCUT2D eigenvalue weighted by molar-refractivity contribution is -0.0443. The summed E-state index contributed by atoms with van der Waals surface area (Å²) in [6.07, 6.45) is 0.550. The fourth-order valence-corrected chi connectivity index (χ4v) is 3.23. The van der Waals surface area contributed by atoms with Crippen LogP contribution in [0.1, 0.15) is 20.3 Å². The lowest BCUT2D eigenvalue weighted by Crippen LogP contribution is -2.52. The highest BCUT2D eigenvalue weighted by Crippen LogP contribution is 2.13. The lowest BCUT2D eigenvalue weighted by Gasteiger charge is -2.34. The molecule has 1 saturated heterocycles. The van der Waals surface area contributed by atoms with E-state index in [2.05, 4.69) is 4.72 Å². The molecule has 6 nitrogen and oxygen atoms in total. The summed E-state index contributed by atoms with van der Waals surface area (Å²) in [5, 5.41) is 0. The predicted molar refractivity (Wildman–Crippen MR) is 65.0 cm³/mol. The normalized spacial score (nSPS) is 27.2. The zero-order valence-electron chi connectivity index (χ0n) is 10.7. The van der Waals surface area contributed by atoms with Crippen LogP contribution in [0.3, 0.4) is 0 Å². The van der Waals surface area contributed by atoms with E-state index in [1.54, 1.807) is 7.11 Å². The molecule has 1 fully saturated rings. The highest BCUT2D eigenvalue weighted by Gasteiger charge is 2.30. The van der Waals surface area contributed by atoms with Gasteiger partial charge in [0.2, 0.25) is 0 Å². The fraction of sp³-hybridized carbons (Fsp3) is 1.00. The summed E-state index contributed by atoms with van der Waals surface area (Å²) in [6.45, 7) is 5.52. The van der Waals surface area contributed by atoms with Gasteiger partial charge in [-0.25, -0.2) is 4.72 Å². The summed E-state index contributed by atoms with van der Waals surface area (Å²) >= 11 is 0. The molecule has 0 aromatic heterocycles. The number of rotatable bonds is 6. The Balaban J connectivity index is 2.45. The van der Waals surface area contributed by atoms with Crippen LogP contribution in [0.4, 0.5) is 0 Å². The van der Waals surface area contributed by atoms with Crippen LogP contribution in [0.15, 0.2) is 0 Å². The smallest absolute Gasteiger partial charge is 0.279 e. The summed E-state index contributed by atoms with van der Waals surface area (Å²) in [5.74, 6) is 0. The fourth-order valence-electron chi connectivity index (χ4n) is 1.84. The Morgan fingerprint density at radius 3 is 2.47 bits per heavy atom. The van der Waals surface area contributed by atoms with Crippen molar-refractivity contribution in [3.05, 3.63) is 0 Å². The number of methoxy groups -OCH3 is 1. The Kier molecular flexibility index (Phi) is 5.81. The molecule has 0 aromatic carbocycles. The lowest BCUT2D eigenvalue weighted by atomic mass is 10.3. The second-order valence-electron chi connectivity index (χ2n) is 4.32. The largest absolute Gasteiger partial charge is 0.385 e. The van der Waals surface area contributed by atoms with Crippen molar-refractivity contribution in [2.75, 3.05) is 33.4 Å². The van der Waals surface area contributed by atoms with Gasteiger partial charge in [0, 0.05) is 33.4 Å². The maximum absolute atomic E-state index is 12.0. The monoisotopic (exact) mass is 266 g/mol. The quantitative estimate of drug-likeness (QED) is 0.685. The Bertz CT molecular complexity index is 310. The van der Waals surface area contributed by atoms with Crippen molar-refractivity contribution >= 4 is 10.2 Å². The van der Waals surface area contributed by atoms with Gasteiger partial charge in [-0.3, -0.25) is 0 Å². The molecule has 1 aliphatic rings. The average molecular weight is 266 g/mol. The molecule has 2 atom stereocenters. The van der Waals surface area contributed by atoms with Gasteiger partial charge in [-0.05, 0) is 20.3 Å². The summed E-state index contributed by atoms with van der Waals surface area (Å²) in [7, 11) is -1.78. The van der Waals surface area contributed by atoms with Crippen molar-refractivity contribution in [2.45, 2.75) is 32.5 Å². The Morgan fingerprint density at radius 1 is 1.35 bits per heavy atom. The molecule has 0 aromatic rings. The van der Waals surface area contributed by atoms with Crippen molar-refractivity contribution in [3.63, 3.8) is 0 Å².